The van der Waals surface area contributed by atoms with E-state index in [2.05, 4.69) is 29.9 Å². The first-order chi connectivity index (χ1) is 11.7. The van der Waals surface area contributed by atoms with Crippen molar-refractivity contribution >= 4 is 28.0 Å². The van der Waals surface area contributed by atoms with Crippen LogP contribution in [0.15, 0.2) is 30.9 Å². The summed E-state index contributed by atoms with van der Waals surface area (Å²) >= 11 is 1.40. The smallest absolute Gasteiger partial charge is 0.180 e. The van der Waals surface area contributed by atoms with Gasteiger partial charge in [-0.3, -0.25) is 9.50 Å². The zero-order chi connectivity index (χ0) is 16.5. The average molecular weight is 340 g/mol. The number of hydrogen-bond donors (Lipinski definition) is 3. The number of aryl methyl sites for hydroxylation is 1. The van der Waals surface area contributed by atoms with Crippen LogP contribution in [0.1, 0.15) is 11.4 Å². The number of hydrogen-bond acceptors (Lipinski definition) is 7. The van der Waals surface area contributed by atoms with E-state index in [0.29, 0.717) is 18.8 Å². The summed E-state index contributed by atoms with van der Waals surface area (Å²) in [5.41, 5.74) is 10.2. The standard InChI is InChI=1S/C15H16N8S/c1-9-4-13(24-22-9)21-14-15-17-7-12(10-5-18-19-6-10)23(15)8-11(20-14)2-3-16/h4-8H,2-3,16H2,1H3,(H,18,19)(H,20,21). The Morgan fingerprint density at radius 2 is 2.29 bits per heavy atom. The second-order valence-corrected chi connectivity index (χ2v) is 6.21. The third kappa shape index (κ3) is 2.63. The molecule has 0 atom stereocenters. The first-order valence-corrected chi connectivity index (χ1v) is 8.28. The zero-order valence-electron chi connectivity index (χ0n) is 13.0. The number of rotatable bonds is 5. The van der Waals surface area contributed by atoms with Crippen LogP contribution in [-0.4, -0.2) is 35.5 Å². The fourth-order valence-electron chi connectivity index (χ4n) is 2.53. The van der Waals surface area contributed by atoms with E-state index in [1.807, 2.05) is 36.0 Å². The van der Waals surface area contributed by atoms with E-state index >= 15 is 0 Å². The van der Waals surface area contributed by atoms with Gasteiger partial charge in [-0.1, -0.05) is 0 Å². The number of nitrogens with two attached hydrogens (primary N) is 1. The Bertz CT molecular complexity index is 969. The van der Waals surface area contributed by atoms with Gasteiger partial charge in [0.15, 0.2) is 11.5 Å². The quantitative estimate of drug-likeness (QED) is 0.513. The number of nitrogens with zero attached hydrogens (tertiary/aromatic N) is 5. The highest BCUT2D eigenvalue weighted by atomic mass is 32.1. The minimum absolute atomic E-state index is 0.535. The van der Waals surface area contributed by atoms with E-state index in [1.165, 1.54) is 11.5 Å². The molecular weight excluding hydrogens is 324 g/mol. The van der Waals surface area contributed by atoms with Crippen LogP contribution in [0.3, 0.4) is 0 Å². The Hall–Kier alpha value is -2.78. The van der Waals surface area contributed by atoms with Gasteiger partial charge in [0, 0.05) is 24.4 Å². The van der Waals surface area contributed by atoms with Gasteiger partial charge in [-0.15, -0.1) is 0 Å². The van der Waals surface area contributed by atoms with Crippen molar-refractivity contribution in [2.24, 2.45) is 5.73 Å². The largest absolute Gasteiger partial charge is 0.330 e. The predicted molar refractivity (Wildman–Crippen MR) is 93.5 cm³/mol. The molecule has 0 saturated heterocycles. The summed E-state index contributed by atoms with van der Waals surface area (Å²) in [6.45, 7) is 2.50. The molecule has 24 heavy (non-hydrogen) atoms. The molecule has 0 spiro atoms. The van der Waals surface area contributed by atoms with E-state index < -0.39 is 0 Å². The average Bonchev–Trinajstić information content (AvgIpc) is 3.28. The van der Waals surface area contributed by atoms with Crippen molar-refractivity contribution in [1.82, 2.24) is 28.9 Å². The Morgan fingerprint density at radius 1 is 1.38 bits per heavy atom. The molecular formula is C15H16N8S. The zero-order valence-corrected chi connectivity index (χ0v) is 13.8. The number of nitrogens with one attached hydrogen (secondary N) is 2. The van der Waals surface area contributed by atoms with Crippen molar-refractivity contribution in [3.05, 3.63) is 42.2 Å². The van der Waals surface area contributed by atoms with Crippen LogP contribution in [0.25, 0.3) is 16.9 Å². The molecule has 4 N–H and O–H groups in total. The summed E-state index contributed by atoms with van der Waals surface area (Å²) in [6, 6.07) is 1.98. The van der Waals surface area contributed by atoms with Gasteiger partial charge in [0.2, 0.25) is 0 Å². The van der Waals surface area contributed by atoms with Gasteiger partial charge >= 0.3 is 0 Å². The minimum Gasteiger partial charge on any atom is -0.330 e. The fourth-order valence-corrected chi connectivity index (χ4v) is 3.19. The molecule has 8 nitrogen and oxygen atoms in total. The second kappa shape index (κ2) is 6.02. The number of aromatic amines is 1. The van der Waals surface area contributed by atoms with Crippen LogP contribution in [0.5, 0.6) is 0 Å². The van der Waals surface area contributed by atoms with Crippen molar-refractivity contribution in [2.75, 3.05) is 11.9 Å². The van der Waals surface area contributed by atoms with Crippen LogP contribution < -0.4 is 11.1 Å². The highest BCUT2D eigenvalue weighted by Gasteiger charge is 2.14. The maximum absolute atomic E-state index is 5.71. The van der Waals surface area contributed by atoms with Crippen LogP contribution in [-0.2, 0) is 6.42 Å². The Kier molecular flexibility index (Phi) is 3.71. The molecule has 0 aliphatic rings. The van der Waals surface area contributed by atoms with Gasteiger partial charge in [-0.2, -0.15) is 9.47 Å². The van der Waals surface area contributed by atoms with Gasteiger partial charge < -0.3 is 11.1 Å². The lowest BCUT2D eigenvalue weighted by Crippen LogP contribution is -2.08. The molecule has 4 aromatic rings. The van der Waals surface area contributed by atoms with Crippen LogP contribution in [0, 0.1) is 6.92 Å². The number of imidazole rings is 1. The molecule has 0 bridgehead atoms. The third-order valence-corrected chi connectivity index (χ3v) is 4.40. The summed E-state index contributed by atoms with van der Waals surface area (Å²) in [5.74, 6) is 0.694. The van der Waals surface area contributed by atoms with Crippen LogP contribution in [0.2, 0.25) is 0 Å². The lowest BCUT2D eigenvalue weighted by molar-refractivity contribution is 0.904. The lowest BCUT2D eigenvalue weighted by atomic mass is 10.2. The van der Waals surface area contributed by atoms with Gasteiger partial charge in [0.25, 0.3) is 0 Å². The predicted octanol–water partition coefficient (Wildman–Crippen LogP) is 2.13. The summed E-state index contributed by atoms with van der Waals surface area (Å²) in [7, 11) is 0. The highest BCUT2D eigenvalue weighted by Crippen LogP contribution is 2.27. The van der Waals surface area contributed by atoms with Crippen molar-refractivity contribution in [3.63, 3.8) is 0 Å². The van der Waals surface area contributed by atoms with Gasteiger partial charge in [0.1, 0.15) is 5.00 Å². The molecule has 122 valence electrons. The van der Waals surface area contributed by atoms with Crippen molar-refractivity contribution in [2.45, 2.75) is 13.3 Å². The Balaban J connectivity index is 1.85. The SMILES string of the molecule is Cc1cc(Nc2nc(CCN)cn3c(-c4cn[nH]c4)cnc23)sn1. The van der Waals surface area contributed by atoms with Gasteiger partial charge in [-0.05, 0) is 31.1 Å². The molecule has 4 aromatic heterocycles. The molecule has 0 fully saturated rings. The van der Waals surface area contributed by atoms with Crippen LogP contribution >= 0.6 is 11.5 Å². The third-order valence-electron chi connectivity index (χ3n) is 3.61. The first-order valence-electron chi connectivity index (χ1n) is 7.51. The lowest BCUT2D eigenvalue weighted by Gasteiger charge is -2.09. The summed E-state index contributed by atoms with van der Waals surface area (Å²) in [4.78, 5) is 9.20. The molecule has 0 aliphatic heterocycles. The normalized spacial score (nSPS) is 11.2. The van der Waals surface area contributed by atoms with E-state index in [0.717, 1.165) is 33.3 Å². The summed E-state index contributed by atoms with van der Waals surface area (Å²) < 4.78 is 6.30. The van der Waals surface area contributed by atoms with E-state index in [-0.39, 0.29) is 0 Å². The number of aromatic nitrogens is 6. The van der Waals surface area contributed by atoms with Crippen molar-refractivity contribution in [3.8, 4) is 11.3 Å². The molecule has 4 rings (SSSR count). The number of fused-ring (bicyclic) bond motifs is 1. The van der Waals surface area contributed by atoms with Gasteiger partial charge in [0.05, 0.1) is 29.5 Å². The van der Waals surface area contributed by atoms with E-state index in [4.69, 9.17) is 5.73 Å². The van der Waals surface area contributed by atoms with Crippen molar-refractivity contribution in [1.29, 1.82) is 0 Å². The number of anilines is 2. The topological polar surface area (TPSA) is 110 Å². The summed E-state index contributed by atoms with van der Waals surface area (Å²) in [5, 5.41) is 11.1. The minimum atomic E-state index is 0.535. The second-order valence-electron chi connectivity index (χ2n) is 5.40. The molecule has 4 heterocycles. The molecule has 0 aliphatic carbocycles. The molecule has 0 saturated carbocycles. The fraction of sp³-hybridized carbons (Fsp3) is 0.200. The molecule has 9 heteroatoms. The maximum Gasteiger partial charge on any atom is 0.180 e. The first kappa shape index (κ1) is 14.8. The van der Waals surface area contributed by atoms with E-state index in [1.54, 1.807) is 6.20 Å². The monoisotopic (exact) mass is 340 g/mol. The van der Waals surface area contributed by atoms with Crippen LogP contribution in [0.4, 0.5) is 10.8 Å². The highest BCUT2D eigenvalue weighted by molar-refractivity contribution is 7.10. The maximum atomic E-state index is 5.71. The van der Waals surface area contributed by atoms with Gasteiger partial charge in [-0.25, -0.2) is 9.97 Å². The number of H-pyrrole nitrogens is 1. The molecule has 0 amide bonds. The Morgan fingerprint density at radius 3 is 3.00 bits per heavy atom. The van der Waals surface area contributed by atoms with Crippen molar-refractivity contribution < 1.29 is 0 Å². The summed E-state index contributed by atoms with van der Waals surface area (Å²) in [6.07, 6.45) is 8.09. The molecule has 0 radical (unpaired) electrons. The van der Waals surface area contributed by atoms with E-state index in [9.17, 15) is 0 Å². The molecule has 0 aromatic carbocycles. The Labute approximate surface area is 141 Å². The molecule has 0 unspecified atom stereocenters.